The zero-order valence-corrected chi connectivity index (χ0v) is 21.1. The molecule has 1 aliphatic carbocycles. The molecule has 4 rings (SSSR count). The average Bonchev–Trinajstić information content (AvgIpc) is 2.89. The van der Waals surface area contributed by atoms with Gasteiger partial charge in [0, 0.05) is 34.7 Å². The summed E-state index contributed by atoms with van der Waals surface area (Å²) >= 11 is 9.97. The van der Waals surface area contributed by atoms with Gasteiger partial charge in [-0.1, -0.05) is 17.7 Å². The van der Waals surface area contributed by atoms with E-state index >= 15 is 0 Å². The number of hydrogen-bond acceptors (Lipinski definition) is 3. The molecule has 1 fully saturated rings. The maximum Gasteiger partial charge on any atom is 0.239 e. The summed E-state index contributed by atoms with van der Waals surface area (Å²) in [6.07, 6.45) is 5.72. The first-order valence-corrected chi connectivity index (χ1v) is 12.3. The standard InChI is InChI=1S/C25H31BrClN3O/c1-15(2)30(4)25(31)22-13-17(9-10-29(22)3)23-21-8-7-20(27)12-16(21)5-6-18-11-19(26)14-28-24(18)23/h7-8,11-12,14-15,17,22-23H,5-6,9-10,13H2,1-4H3/t17?,22-,23-/m1/s1. The number of nitrogens with zero attached hydrogens (tertiary/aromatic N) is 3. The molecule has 3 atom stereocenters. The highest BCUT2D eigenvalue weighted by atomic mass is 79.9. The summed E-state index contributed by atoms with van der Waals surface area (Å²) in [6.45, 7) is 5.06. The number of aryl methyl sites for hydroxylation is 2. The summed E-state index contributed by atoms with van der Waals surface area (Å²) in [5, 5.41) is 0.785. The fourth-order valence-electron chi connectivity index (χ4n) is 5.15. The fraction of sp³-hybridized carbons (Fsp3) is 0.520. The molecule has 0 radical (unpaired) electrons. The van der Waals surface area contributed by atoms with Crippen LogP contribution in [0.1, 0.15) is 55.0 Å². The van der Waals surface area contributed by atoms with Crippen LogP contribution in [0.4, 0.5) is 0 Å². The molecule has 1 aliphatic heterocycles. The largest absolute Gasteiger partial charge is 0.342 e. The molecule has 2 aromatic rings. The summed E-state index contributed by atoms with van der Waals surface area (Å²) in [5.74, 6) is 0.763. The molecule has 2 aliphatic rings. The van der Waals surface area contributed by atoms with Crippen LogP contribution in [0.2, 0.25) is 5.02 Å². The lowest BCUT2D eigenvalue weighted by atomic mass is 9.74. The summed E-state index contributed by atoms with van der Waals surface area (Å²) in [4.78, 5) is 22.3. The van der Waals surface area contributed by atoms with Gasteiger partial charge in [-0.2, -0.15) is 0 Å². The van der Waals surface area contributed by atoms with Crippen molar-refractivity contribution in [1.29, 1.82) is 0 Å². The van der Waals surface area contributed by atoms with Crippen molar-refractivity contribution in [2.24, 2.45) is 5.92 Å². The minimum atomic E-state index is -0.0935. The number of carbonyl (C=O) groups excluding carboxylic acids is 1. The van der Waals surface area contributed by atoms with Gasteiger partial charge in [0.05, 0.1) is 11.7 Å². The Balaban J connectivity index is 1.75. The van der Waals surface area contributed by atoms with Crippen LogP contribution in [-0.2, 0) is 17.6 Å². The van der Waals surface area contributed by atoms with Gasteiger partial charge >= 0.3 is 0 Å². The molecule has 4 nitrogen and oxygen atoms in total. The predicted octanol–water partition coefficient (Wildman–Crippen LogP) is 5.31. The molecule has 0 spiro atoms. The molecule has 1 unspecified atom stereocenters. The number of benzene rings is 1. The Hall–Kier alpha value is -1.43. The van der Waals surface area contributed by atoms with Crippen molar-refractivity contribution in [3.05, 3.63) is 62.3 Å². The third kappa shape index (κ3) is 4.55. The average molecular weight is 505 g/mol. The number of carbonyl (C=O) groups is 1. The second kappa shape index (κ2) is 9.21. The van der Waals surface area contributed by atoms with Gasteiger partial charge in [-0.3, -0.25) is 14.7 Å². The molecule has 31 heavy (non-hydrogen) atoms. The molecule has 1 aromatic carbocycles. The van der Waals surface area contributed by atoms with E-state index in [0.717, 1.165) is 41.7 Å². The first-order chi connectivity index (χ1) is 14.8. The van der Waals surface area contributed by atoms with E-state index in [4.69, 9.17) is 16.6 Å². The first-order valence-electron chi connectivity index (χ1n) is 11.2. The molecular weight excluding hydrogens is 474 g/mol. The van der Waals surface area contributed by atoms with Crippen LogP contribution < -0.4 is 0 Å². The molecule has 1 amide bonds. The van der Waals surface area contributed by atoms with Crippen molar-refractivity contribution in [1.82, 2.24) is 14.8 Å². The highest BCUT2D eigenvalue weighted by molar-refractivity contribution is 9.10. The Morgan fingerprint density at radius 3 is 2.74 bits per heavy atom. The molecule has 2 heterocycles. The van der Waals surface area contributed by atoms with Crippen molar-refractivity contribution in [2.45, 2.75) is 57.5 Å². The number of piperidine rings is 1. The van der Waals surface area contributed by atoms with Crippen molar-refractivity contribution >= 4 is 33.4 Å². The first kappa shape index (κ1) is 22.8. The van der Waals surface area contributed by atoms with Gasteiger partial charge in [0.15, 0.2) is 0 Å². The molecular formula is C25H31BrClN3O. The number of halogens is 2. The van der Waals surface area contributed by atoms with Gasteiger partial charge in [0.1, 0.15) is 0 Å². The normalized spacial score (nSPS) is 23.8. The van der Waals surface area contributed by atoms with E-state index in [2.05, 4.69) is 59.9 Å². The SMILES string of the molecule is CC(C)N(C)C(=O)[C@H]1CC([C@@H]2c3ccc(Cl)cc3CCc3cc(Br)cnc32)CCN1C. The number of fused-ring (bicyclic) bond motifs is 2. The third-order valence-electron chi connectivity index (χ3n) is 7.16. The number of likely N-dealkylation sites (tertiary alicyclic amines) is 1. The van der Waals surface area contributed by atoms with Crippen molar-refractivity contribution < 1.29 is 4.79 Å². The van der Waals surface area contributed by atoms with Gasteiger partial charge in [0.2, 0.25) is 5.91 Å². The minimum Gasteiger partial charge on any atom is -0.342 e. The Bertz CT molecular complexity index is 926. The molecule has 0 bridgehead atoms. The van der Waals surface area contributed by atoms with E-state index in [1.165, 1.54) is 22.4 Å². The summed E-state index contributed by atoms with van der Waals surface area (Å²) in [7, 11) is 4.00. The van der Waals surface area contributed by atoms with Crippen molar-refractivity contribution in [3.63, 3.8) is 0 Å². The van der Waals surface area contributed by atoms with Crippen LogP contribution in [-0.4, -0.2) is 53.4 Å². The lowest BCUT2D eigenvalue weighted by Crippen LogP contribution is -2.52. The maximum atomic E-state index is 13.3. The van der Waals surface area contributed by atoms with Gasteiger partial charge < -0.3 is 4.90 Å². The smallest absolute Gasteiger partial charge is 0.239 e. The summed E-state index contributed by atoms with van der Waals surface area (Å²) in [6, 6.07) is 8.63. The number of amides is 1. The Kier molecular flexibility index (Phi) is 6.76. The van der Waals surface area contributed by atoms with Gasteiger partial charge in [-0.15, -0.1) is 0 Å². The molecule has 0 saturated carbocycles. The molecule has 166 valence electrons. The van der Waals surface area contributed by atoms with Gasteiger partial charge in [0.25, 0.3) is 0 Å². The highest BCUT2D eigenvalue weighted by Crippen LogP contribution is 2.44. The fourth-order valence-corrected chi connectivity index (χ4v) is 5.73. The molecule has 1 aromatic heterocycles. The lowest BCUT2D eigenvalue weighted by Gasteiger charge is -2.41. The van der Waals surface area contributed by atoms with Crippen LogP contribution in [0.5, 0.6) is 0 Å². The van der Waals surface area contributed by atoms with Crippen LogP contribution in [0.25, 0.3) is 0 Å². The number of rotatable bonds is 3. The number of hydrogen-bond donors (Lipinski definition) is 0. The van der Waals surface area contributed by atoms with Crippen LogP contribution >= 0.6 is 27.5 Å². The highest BCUT2D eigenvalue weighted by Gasteiger charge is 2.40. The molecule has 1 saturated heterocycles. The molecule has 6 heteroatoms. The van der Waals surface area contributed by atoms with Crippen LogP contribution in [0, 0.1) is 5.92 Å². The van der Waals surface area contributed by atoms with Gasteiger partial charge in [-0.05, 0) is 110 Å². The third-order valence-corrected chi connectivity index (χ3v) is 7.82. The summed E-state index contributed by atoms with van der Waals surface area (Å²) in [5.41, 5.74) is 5.11. The number of aromatic nitrogens is 1. The predicted molar refractivity (Wildman–Crippen MR) is 130 cm³/mol. The minimum absolute atomic E-state index is 0.0935. The Morgan fingerprint density at radius 1 is 1.26 bits per heavy atom. The Labute approximate surface area is 199 Å². The van der Waals surface area contributed by atoms with E-state index < -0.39 is 0 Å². The van der Waals surface area contributed by atoms with E-state index in [0.29, 0.717) is 5.92 Å². The monoisotopic (exact) mass is 503 g/mol. The second-order valence-electron chi connectivity index (χ2n) is 9.34. The summed E-state index contributed by atoms with van der Waals surface area (Å²) < 4.78 is 1.02. The molecule has 0 N–H and O–H groups in total. The maximum absolute atomic E-state index is 13.3. The number of likely N-dealkylation sites (N-methyl/N-ethyl adjacent to an activating group) is 2. The van der Waals surface area contributed by atoms with Crippen molar-refractivity contribution in [2.75, 3.05) is 20.6 Å². The van der Waals surface area contributed by atoms with Gasteiger partial charge in [-0.25, -0.2) is 0 Å². The zero-order chi connectivity index (χ0) is 22.3. The van der Waals surface area contributed by atoms with Crippen LogP contribution in [0.3, 0.4) is 0 Å². The number of pyridine rings is 1. The Morgan fingerprint density at radius 2 is 2.00 bits per heavy atom. The van der Waals surface area contributed by atoms with Crippen molar-refractivity contribution in [3.8, 4) is 0 Å². The topological polar surface area (TPSA) is 36.4 Å². The van der Waals surface area contributed by atoms with E-state index in [-0.39, 0.29) is 23.9 Å². The zero-order valence-electron chi connectivity index (χ0n) is 18.7. The quantitative estimate of drug-likeness (QED) is 0.569. The second-order valence-corrected chi connectivity index (χ2v) is 10.7. The van der Waals surface area contributed by atoms with E-state index in [9.17, 15) is 4.79 Å². The lowest BCUT2D eigenvalue weighted by molar-refractivity contribution is -0.138. The van der Waals surface area contributed by atoms with E-state index in [1.54, 1.807) is 0 Å². The van der Waals surface area contributed by atoms with E-state index in [1.807, 2.05) is 24.2 Å². The van der Waals surface area contributed by atoms with Crippen LogP contribution in [0.15, 0.2) is 34.9 Å².